The molecule has 2 heterocycles. The van der Waals surface area contributed by atoms with E-state index in [1.54, 1.807) is 17.4 Å². The maximum absolute atomic E-state index is 12.1. The predicted octanol–water partition coefficient (Wildman–Crippen LogP) is 2.97. The molecule has 0 spiro atoms. The van der Waals surface area contributed by atoms with Crippen molar-refractivity contribution in [3.8, 4) is 11.5 Å². The number of benzene rings is 1. The lowest BCUT2D eigenvalue weighted by atomic mass is 10.2. The van der Waals surface area contributed by atoms with Crippen LogP contribution in [0, 0.1) is 0 Å². The quantitative estimate of drug-likeness (QED) is 0.922. The van der Waals surface area contributed by atoms with Gasteiger partial charge in [0.2, 0.25) is 6.10 Å². The highest BCUT2D eigenvalue weighted by atomic mass is 79.9. The van der Waals surface area contributed by atoms with Crippen LogP contribution in [0.5, 0.6) is 11.5 Å². The minimum atomic E-state index is -0.608. The Hall–Kier alpha value is -1.53. The number of para-hydroxylation sites is 2. The van der Waals surface area contributed by atoms with E-state index in [0.717, 1.165) is 9.35 Å². The third-order valence-corrected chi connectivity index (χ3v) is 4.84. The van der Waals surface area contributed by atoms with Crippen LogP contribution < -0.4 is 14.8 Å². The number of hydrogen-bond donors (Lipinski definition) is 1. The summed E-state index contributed by atoms with van der Waals surface area (Å²) in [7, 11) is 0. The molecular formula is C14H12BrNO3S. The Balaban J connectivity index is 1.60. The number of carbonyl (C=O) groups is 1. The largest absolute Gasteiger partial charge is 0.485 e. The summed E-state index contributed by atoms with van der Waals surface area (Å²) in [6.45, 7) is 0.715. The van der Waals surface area contributed by atoms with Crippen LogP contribution in [0.15, 0.2) is 40.2 Å². The molecule has 0 saturated carbocycles. The van der Waals surface area contributed by atoms with Gasteiger partial charge in [0.15, 0.2) is 11.5 Å². The van der Waals surface area contributed by atoms with Crippen molar-refractivity contribution in [1.82, 2.24) is 5.32 Å². The van der Waals surface area contributed by atoms with E-state index < -0.39 is 6.10 Å². The zero-order chi connectivity index (χ0) is 13.9. The van der Waals surface area contributed by atoms with Gasteiger partial charge in [0, 0.05) is 9.35 Å². The van der Waals surface area contributed by atoms with Crippen molar-refractivity contribution >= 4 is 33.2 Å². The SMILES string of the molecule is O=C(NCc1sccc1Br)C1COc2ccccc2O1. The fourth-order valence-electron chi connectivity index (χ4n) is 1.88. The van der Waals surface area contributed by atoms with Gasteiger partial charge >= 0.3 is 0 Å². The molecule has 1 aliphatic heterocycles. The molecule has 2 aromatic rings. The van der Waals surface area contributed by atoms with E-state index >= 15 is 0 Å². The van der Waals surface area contributed by atoms with Gasteiger partial charge in [0.1, 0.15) is 6.61 Å². The van der Waals surface area contributed by atoms with E-state index in [2.05, 4.69) is 21.2 Å². The second-order valence-electron chi connectivity index (χ2n) is 4.27. The molecule has 1 N–H and O–H groups in total. The minimum absolute atomic E-state index is 0.167. The topological polar surface area (TPSA) is 47.6 Å². The summed E-state index contributed by atoms with van der Waals surface area (Å²) >= 11 is 5.03. The number of nitrogens with one attached hydrogen (secondary N) is 1. The zero-order valence-corrected chi connectivity index (χ0v) is 12.9. The number of hydrogen-bond acceptors (Lipinski definition) is 4. The molecule has 3 rings (SSSR count). The number of carbonyl (C=O) groups excluding carboxylic acids is 1. The molecule has 1 amide bonds. The lowest BCUT2D eigenvalue weighted by Gasteiger charge is -2.25. The first-order valence-electron chi connectivity index (χ1n) is 6.12. The van der Waals surface area contributed by atoms with Crippen LogP contribution in [0.3, 0.4) is 0 Å². The summed E-state index contributed by atoms with van der Waals surface area (Å²) in [4.78, 5) is 13.2. The Morgan fingerprint density at radius 1 is 1.35 bits per heavy atom. The highest BCUT2D eigenvalue weighted by Crippen LogP contribution is 2.31. The Morgan fingerprint density at radius 2 is 2.15 bits per heavy atom. The highest BCUT2D eigenvalue weighted by molar-refractivity contribution is 9.10. The molecule has 1 aliphatic rings. The fraction of sp³-hybridized carbons (Fsp3) is 0.214. The van der Waals surface area contributed by atoms with Crippen molar-refractivity contribution in [3.05, 3.63) is 45.1 Å². The van der Waals surface area contributed by atoms with Crippen molar-refractivity contribution in [2.45, 2.75) is 12.6 Å². The van der Waals surface area contributed by atoms with Crippen LogP contribution in [0.2, 0.25) is 0 Å². The Bertz CT molecular complexity index is 628. The first kappa shape index (κ1) is 13.5. The van der Waals surface area contributed by atoms with Crippen LogP contribution in [0.1, 0.15) is 4.88 Å². The normalized spacial score (nSPS) is 16.8. The van der Waals surface area contributed by atoms with Crippen LogP contribution in [0.25, 0.3) is 0 Å². The van der Waals surface area contributed by atoms with E-state index in [-0.39, 0.29) is 12.5 Å². The third-order valence-electron chi connectivity index (χ3n) is 2.92. The zero-order valence-electron chi connectivity index (χ0n) is 10.5. The van der Waals surface area contributed by atoms with Crippen molar-refractivity contribution < 1.29 is 14.3 Å². The monoisotopic (exact) mass is 353 g/mol. The summed E-state index contributed by atoms with van der Waals surface area (Å²) in [6, 6.07) is 9.31. The molecule has 6 heteroatoms. The van der Waals surface area contributed by atoms with Crippen LogP contribution in [0.4, 0.5) is 0 Å². The van der Waals surface area contributed by atoms with Gasteiger partial charge in [-0.1, -0.05) is 12.1 Å². The average Bonchev–Trinajstić information content (AvgIpc) is 2.89. The van der Waals surface area contributed by atoms with Gasteiger partial charge in [-0.05, 0) is 39.5 Å². The highest BCUT2D eigenvalue weighted by Gasteiger charge is 2.27. The van der Waals surface area contributed by atoms with Crippen molar-refractivity contribution in [1.29, 1.82) is 0 Å². The van der Waals surface area contributed by atoms with Gasteiger partial charge in [-0.3, -0.25) is 4.79 Å². The smallest absolute Gasteiger partial charge is 0.264 e. The maximum Gasteiger partial charge on any atom is 0.264 e. The molecule has 0 bridgehead atoms. The van der Waals surface area contributed by atoms with Gasteiger partial charge in [-0.15, -0.1) is 11.3 Å². The molecule has 1 unspecified atom stereocenters. The third kappa shape index (κ3) is 2.81. The summed E-state index contributed by atoms with van der Waals surface area (Å²) in [5.41, 5.74) is 0. The van der Waals surface area contributed by atoms with Crippen LogP contribution in [-0.2, 0) is 11.3 Å². The maximum atomic E-state index is 12.1. The molecule has 1 aromatic heterocycles. The summed E-state index contributed by atoms with van der Waals surface area (Å²) < 4.78 is 12.2. The molecule has 20 heavy (non-hydrogen) atoms. The molecule has 0 radical (unpaired) electrons. The standard InChI is InChI=1S/C14H12BrNO3S/c15-9-5-6-20-13(9)7-16-14(17)12-8-18-10-3-1-2-4-11(10)19-12/h1-6,12H,7-8H2,(H,16,17). The second-order valence-corrected chi connectivity index (χ2v) is 6.13. The predicted molar refractivity (Wildman–Crippen MR) is 80.2 cm³/mol. The average molecular weight is 354 g/mol. The summed E-state index contributed by atoms with van der Waals surface area (Å²) in [6.07, 6.45) is -0.608. The first-order chi connectivity index (χ1) is 9.74. The van der Waals surface area contributed by atoms with Gasteiger partial charge in [0.25, 0.3) is 5.91 Å². The second kappa shape index (κ2) is 5.85. The summed E-state index contributed by atoms with van der Waals surface area (Å²) in [5, 5.41) is 4.84. The molecule has 0 fully saturated rings. The molecule has 1 atom stereocenters. The van der Waals surface area contributed by atoms with Gasteiger partial charge in [-0.2, -0.15) is 0 Å². The van der Waals surface area contributed by atoms with Crippen LogP contribution >= 0.6 is 27.3 Å². The number of amides is 1. The van der Waals surface area contributed by atoms with E-state index in [0.29, 0.717) is 18.0 Å². The van der Waals surface area contributed by atoms with Crippen molar-refractivity contribution in [2.75, 3.05) is 6.61 Å². The molecule has 0 aliphatic carbocycles. The van der Waals surface area contributed by atoms with Crippen molar-refractivity contribution in [3.63, 3.8) is 0 Å². The van der Waals surface area contributed by atoms with Crippen molar-refractivity contribution in [2.24, 2.45) is 0 Å². The van der Waals surface area contributed by atoms with E-state index in [9.17, 15) is 4.79 Å². The van der Waals surface area contributed by atoms with Gasteiger partial charge < -0.3 is 14.8 Å². The number of rotatable bonds is 3. The Labute approximate surface area is 128 Å². The van der Waals surface area contributed by atoms with Gasteiger partial charge in [-0.25, -0.2) is 0 Å². The molecule has 0 saturated heterocycles. The number of ether oxygens (including phenoxy) is 2. The molecule has 4 nitrogen and oxygen atoms in total. The summed E-state index contributed by atoms with van der Waals surface area (Å²) in [5.74, 6) is 1.12. The minimum Gasteiger partial charge on any atom is -0.485 e. The lowest BCUT2D eigenvalue weighted by molar-refractivity contribution is -0.130. The number of halogens is 1. The van der Waals surface area contributed by atoms with E-state index in [4.69, 9.17) is 9.47 Å². The number of fused-ring (bicyclic) bond motifs is 1. The van der Waals surface area contributed by atoms with E-state index in [1.165, 1.54) is 0 Å². The number of thiophene rings is 1. The molecule has 104 valence electrons. The Morgan fingerprint density at radius 3 is 2.90 bits per heavy atom. The first-order valence-corrected chi connectivity index (χ1v) is 7.79. The Kier molecular flexibility index (Phi) is 3.93. The lowest BCUT2D eigenvalue weighted by Crippen LogP contribution is -2.43. The van der Waals surface area contributed by atoms with E-state index in [1.807, 2.05) is 29.6 Å². The molecular weight excluding hydrogens is 342 g/mol. The fourth-order valence-corrected chi connectivity index (χ4v) is 3.31. The van der Waals surface area contributed by atoms with Crippen LogP contribution in [-0.4, -0.2) is 18.6 Å². The molecule has 1 aromatic carbocycles. The van der Waals surface area contributed by atoms with Gasteiger partial charge in [0.05, 0.1) is 6.54 Å².